The van der Waals surface area contributed by atoms with Gasteiger partial charge >= 0.3 is 0 Å². The second-order valence-electron chi connectivity index (χ2n) is 7.05. The molecule has 1 heterocycles. The molecule has 1 fully saturated rings. The number of halogens is 2. The molecule has 0 radical (unpaired) electrons. The number of hydrogen-bond donors (Lipinski definition) is 1. The van der Waals surface area contributed by atoms with Gasteiger partial charge in [-0.3, -0.25) is 9.69 Å². The molecule has 144 valence electrons. The number of nitrogens with zero attached hydrogens (tertiary/aromatic N) is 2. The van der Waals surface area contributed by atoms with Crippen molar-refractivity contribution in [3.8, 4) is 0 Å². The highest BCUT2D eigenvalue weighted by Gasteiger charge is 2.25. The number of anilines is 1. The summed E-state index contributed by atoms with van der Waals surface area (Å²) in [7, 11) is 4.01. The highest BCUT2D eigenvalue weighted by atomic mass is 35.5. The Morgan fingerprint density at radius 1 is 1.19 bits per heavy atom. The van der Waals surface area contributed by atoms with Crippen molar-refractivity contribution in [3.05, 3.63) is 64.4 Å². The fourth-order valence-corrected chi connectivity index (χ4v) is 3.75. The summed E-state index contributed by atoms with van der Waals surface area (Å²) in [5.41, 5.74) is 2.17. The molecule has 0 saturated carbocycles. The first-order valence-corrected chi connectivity index (χ1v) is 9.58. The summed E-state index contributed by atoms with van der Waals surface area (Å²) in [4.78, 5) is 16.9. The summed E-state index contributed by atoms with van der Waals surface area (Å²) in [5.74, 6) is -1.08. The molecule has 0 aromatic heterocycles. The zero-order valence-electron chi connectivity index (χ0n) is 15.7. The zero-order chi connectivity index (χ0) is 19.4. The van der Waals surface area contributed by atoms with Crippen molar-refractivity contribution < 1.29 is 9.18 Å². The van der Waals surface area contributed by atoms with Gasteiger partial charge in [0, 0.05) is 26.3 Å². The standard InChI is InChI=1S/C21H25ClFN3O/c1-25(2)16-10-8-15(9-11-16)19(26-12-3-4-13-26)14-24-21(27)20-17(22)6-5-7-18(20)23/h5-11,19H,3-4,12-14H2,1-2H3,(H,24,27)/t19-/m1/s1. The van der Waals surface area contributed by atoms with Gasteiger partial charge in [-0.25, -0.2) is 4.39 Å². The van der Waals surface area contributed by atoms with E-state index in [1.165, 1.54) is 18.2 Å². The maximum atomic E-state index is 14.0. The van der Waals surface area contributed by atoms with Crippen LogP contribution in [0.4, 0.5) is 10.1 Å². The van der Waals surface area contributed by atoms with Crippen LogP contribution in [0.25, 0.3) is 0 Å². The second kappa shape index (κ2) is 8.72. The summed E-state index contributed by atoms with van der Waals surface area (Å²) >= 11 is 6.01. The molecule has 2 aromatic rings. The fourth-order valence-electron chi connectivity index (χ4n) is 3.50. The number of benzene rings is 2. The van der Waals surface area contributed by atoms with Gasteiger partial charge in [-0.05, 0) is 55.8 Å². The summed E-state index contributed by atoms with van der Waals surface area (Å²) in [6.45, 7) is 2.40. The molecular weight excluding hydrogens is 365 g/mol. The van der Waals surface area contributed by atoms with Gasteiger partial charge in [0.1, 0.15) is 5.82 Å². The molecule has 2 aromatic carbocycles. The third kappa shape index (κ3) is 4.60. The molecule has 1 N–H and O–H groups in total. The van der Waals surface area contributed by atoms with Crippen molar-refractivity contribution >= 4 is 23.2 Å². The molecular formula is C21H25ClFN3O. The summed E-state index contributed by atoms with van der Waals surface area (Å²) < 4.78 is 14.0. The molecule has 1 amide bonds. The smallest absolute Gasteiger partial charge is 0.255 e. The number of carbonyl (C=O) groups is 1. The molecule has 0 bridgehead atoms. The van der Waals surface area contributed by atoms with E-state index < -0.39 is 11.7 Å². The molecule has 1 aliphatic heterocycles. The normalized spacial score (nSPS) is 15.6. The van der Waals surface area contributed by atoms with Crippen molar-refractivity contribution in [1.29, 1.82) is 0 Å². The van der Waals surface area contributed by atoms with E-state index in [0.29, 0.717) is 6.54 Å². The zero-order valence-corrected chi connectivity index (χ0v) is 16.5. The first kappa shape index (κ1) is 19.6. The molecule has 1 saturated heterocycles. The Hall–Kier alpha value is -2.11. The van der Waals surface area contributed by atoms with Crippen LogP contribution in [0.5, 0.6) is 0 Å². The van der Waals surface area contributed by atoms with Gasteiger partial charge in [0.05, 0.1) is 16.6 Å². The summed E-state index contributed by atoms with van der Waals surface area (Å²) in [6, 6.07) is 12.7. The molecule has 6 heteroatoms. The summed E-state index contributed by atoms with van der Waals surface area (Å²) in [5, 5.41) is 3.00. The number of likely N-dealkylation sites (tertiary alicyclic amines) is 1. The van der Waals surface area contributed by atoms with Crippen LogP contribution in [0.1, 0.15) is 34.8 Å². The van der Waals surface area contributed by atoms with E-state index in [1.54, 1.807) is 0 Å². The Labute approximate surface area is 164 Å². The van der Waals surface area contributed by atoms with E-state index in [-0.39, 0.29) is 16.6 Å². The minimum Gasteiger partial charge on any atom is -0.378 e. The minimum absolute atomic E-state index is 0.0539. The van der Waals surface area contributed by atoms with Crippen LogP contribution in [0.15, 0.2) is 42.5 Å². The third-order valence-corrected chi connectivity index (χ3v) is 5.34. The summed E-state index contributed by atoms with van der Waals surface area (Å²) in [6.07, 6.45) is 2.30. The van der Waals surface area contributed by atoms with Crippen molar-refractivity contribution in [2.45, 2.75) is 18.9 Å². The van der Waals surface area contributed by atoms with E-state index >= 15 is 0 Å². The Morgan fingerprint density at radius 2 is 1.85 bits per heavy atom. The van der Waals surface area contributed by atoms with Gasteiger partial charge < -0.3 is 10.2 Å². The number of rotatable bonds is 6. The van der Waals surface area contributed by atoms with Crippen molar-refractivity contribution in [2.75, 3.05) is 38.6 Å². The average Bonchev–Trinajstić information content (AvgIpc) is 3.16. The number of carbonyl (C=O) groups excluding carboxylic acids is 1. The van der Waals surface area contributed by atoms with Gasteiger partial charge in [-0.1, -0.05) is 29.8 Å². The molecule has 1 atom stereocenters. The van der Waals surface area contributed by atoms with Crippen LogP contribution < -0.4 is 10.2 Å². The number of hydrogen-bond acceptors (Lipinski definition) is 3. The molecule has 3 rings (SSSR count). The van der Waals surface area contributed by atoms with Gasteiger partial charge in [-0.2, -0.15) is 0 Å². The largest absolute Gasteiger partial charge is 0.378 e. The predicted octanol–water partition coefficient (Wildman–Crippen LogP) is 4.11. The Bertz CT molecular complexity index is 768. The van der Waals surface area contributed by atoms with Gasteiger partial charge in [0.25, 0.3) is 5.91 Å². The number of amides is 1. The molecule has 0 aliphatic carbocycles. The van der Waals surface area contributed by atoms with E-state index in [0.717, 1.165) is 37.2 Å². The Morgan fingerprint density at radius 3 is 2.44 bits per heavy atom. The van der Waals surface area contributed by atoms with E-state index in [2.05, 4.69) is 39.4 Å². The van der Waals surface area contributed by atoms with Crippen molar-refractivity contribution in [1.82, 2.24) is 10.2 Å². The Kier molecular flexibility index (Phi) is 6.34. The first-order chi connectivity index (χ1) is 13.0. The molecule has 1 aliphatic rings. The fraction of sp³-hybridized carbons (Fsp3) is 0.381. The van der Waals surface area contributed by atoms with Crippen LogP contribution in [0.3, 0.4) is 0 Å². The van der Waals surface area contributed by atoms with Gasteiger partial charge in [0.2, 0.25) is 0 Å². The van der Waals surface area contributed by atoms with Crippen LogP contribution in [0, 0.1) is 5.82 Å². The highest BCUT2D eigenvalue weighted by Crippen LogP contribution is 2.27. The van der Waals surface area contributed by atoms with E-state index in [1.807, 2.05) is 14.1 Å². The Balaban J connectivity index is 1.77. The average molecular weight is 390 g/mol. The lowest BCUT2D eigenvalue weighted by Crippen LogP contribution is -2.37. The molecule has 0 spiro atoms. The third-order valence-electron chi connectivity index (χ3n) is 5.02. The van der Waals surface area contributed by atoms with E-state index in [9.17, 15) is 9.18 Å². The topological polar surface area (TPSA) is 35.6 Å². The lowest BCUT2D eigenvalue weighted by atomic mass is 10.0. The van der Waals surface area contributed by atoms with Crippen molar-refractivity contribution in [3.63, 3.8) is 0 Å². The maximum absolute atomic E-state index is 14.0. The monoisotopic (exact) mass is 389 g/mol. The quantitative estimate of drug-likeness (QED) is 0.807. The van der Waals surface area contributed by atoms with Crippen LogP contribution in [0.2, 0.25) is 5.02 Å². The lowest BCUT2D eigenvalue weighted by molar-refractivity contribution is 0.0934. The first-order valence-electron chi connectivity index (χ1n) is 9.21. The SMILES string of the molecule is CN(C)c1ccc([C@@H](CNC(=O)c2c(F)cccc2Cl)N2CCCC2)cc1. The maximum Gasteiger partial charge on any atom is 0.255 e. The second-order valence-corrected chi connectivity index (χ2v) is 7.46. The van der Waals surface area contributed by atoms with E-state index in [4.69, 9.17) is 11.6 Å². The molecule has 4 nitrogen and oxygen atoms in total. The predicted molar refractivity (Wildman–Crippen MR) is 108 cm³/mol. The highest BCUT2D eigenvalue weighted by molar-refractivity contribution is 6.33. The minimum atomic E-state index is -0.604. The number of nitrogens with one attached hydrogen (secondary N) is 1. The molecule has 27 heavy (non-hydrogen) atoms. The van der Waals surface area contributed by atoms with Crippen LogP contribution in [-0.2, 0) is 0 Å². The van der Waals surface area contributed by atoms with Gasteiger partial charge in [-0.15, -0.1) is 0 Å². The van der Waals surface area contributed by atoms with Crippen molar-refractivity contribution in [2.24, 2.45) is 0 Å². The van der Waals surface area contributed by atoms with Crippen LogP contribution >= 0.6 is 11.6 Å². The molecule has 0 unspecified atom stereocenters. The van der Waals surface area contributed by atoms with Crippen LogP contribution in [-0.4, -0.2) is 44.5 Å². The lowest BCUT2D eigenvalue weighted by Gasteiger charge is -2.28. The van der Waals surface area contributed by atoms with Gasteiger partial charge in [0.15, 0.2) is 0 Å².